The molecule has 104 valence electrons. The van der Waals surface area contributed by atoms with Crippen LogP contribution in [0.2, 0.25) is 0 Å². The summed E-state index contributed by atoms with van der Waals surface area (Å²) in [6.07, 6.45) is 5.19. The molecule has 0 fully saturated rings. The molecule has 0 aliphatic carbocycles. The first-order chi connectivity index (χ1) is 8.56. The van der Waals surface area contributed by atoms with Crippen LogP contribution in [0.3, 0.4) is 0 Å². The molecule has 2 nitrogen and oxygen atoms in total. The van der Waals surface area contributed by atoms with Crippen molar-refractivity contribution < 1.29 is 13.9 Å². The maximum atomic E-state index is 14.1. The van der Waals surface area contributed by atoms with Gasteiger partial charge in [0, 0.05) is 18.8 Å². The molecule has 0 aliphatic rings. The van der Waals surface area contributed by atoms with Gasteiger partial charge in [-0.2, -0.15) is 0 Å². The van der Waals surface area contributed by atoms with E-state index in [2.05, 4.69) is 15.9 Å². The normalized spacial score (nSPS) is 14.5. The van der Waals surface area contributed by atoms with E-state index in [9.17, 15) is 4.39 Å². The number of hydrogen-bond acceptors (Lipinski definition) is 2. The molecule has 0 atom stereocenters. The largest absolute Gasteiger partial charge is 0.349 e. The molecule has 0 saturated heterocycles. The Labute approximate surface area is 118 Å². The second-order valence-corrected chi connectivity index (χ2v) is 4.84. The molecule has 0 radical (unpaired) electrons. The molecular formula is C14H22BrFO2. The third-order valence-corrected chi connectivity index (χ3v) is 2.25. The van der Waals surface area contributed by atoms with Crippen LogP contribution in [-0.4, -0.2) is 19.5 Å². The van der Waals surface area contributed by atoms with Gasteiger partial charge in [0.05, 0.1) is 0 Å². The Kier molecular flexibility index (Phi) is 10.2. The molecule has 0 aliphatic heterocycles. The summed E-state index contributed by atoms with van der Waals surface area (Å²) in [4.78, 5) is 0. The highest BCUT2D eigenvalue weighted by Gasteiger charge is 2.16. The van der Waals surface area contributed by atoms with Crippen molar-refractivity contribution in [2.45, 2.75) is 40.4 Å². The zero-order valence-corrected chi connectivity index (χ0v) is 13.1. The summed E-state index contributed by atoms with van der Waals surface area (Å²) in [5.41, 5.74) is 0.416. The minimum atomic E-state index is -0.661. The lowest BCUT2D eigenvalue weighted by molar-refractivity contribution is -0.110. The monoisotopic (exact) mass is 320 g/mol. The van der Waals surface area contributed by atoms with E-state index in [1.54, 1.807) is 13.0 Å². The van der Waals surface area contributed by atoms with Crippen molar-refractivity contribution in [3.05, 3.63) is 34.1 Å². The minimum absolute atomic E-state index is 0.346. The quantitative estimate of drug-likeness (QED) is 0.469. The lowest BCUT2D eigenvalue weighted by Crippen LogP contribution is -2.20. The van der Waals surface area contributed by atoms with Crippen LogP contribution in [0, 0.1) is 0 Å². The average molecular weight is 321 g/mol. The van der Waals surface area contributed by atoms with Crippen molar-refractivity contribution >= 4 is 15.9 Å². The van der Waals surface area contributed by atoms with E-state index < -0.39 is 6.29 Å². The Morgan fingerprint density at radius 2 is 1.78 bits per heavy atom. The third-order valence-electron chi connectivity index (χ3n) is 2.02. The number of ether oxygens (including phenoxy) is 2. The fourth-order valence-electron chi connectivity index (χ4n) is 1.30. The third kappa shape index (κ3) is 7.09. The van der Waals surface area contributed by atoms with E-state index in [4.69, 9.17) is 9.47 Å². The van der Waals surface area contributed by atoms with Crippen molar-refractivity contribution in [1.82, 2.24) is 0 Å². The zero-order chi connectivity index (χ0) is 14.0. The Morgan fingerprint density at radius 1 is 1.22 bits per heavy atom. The summed E-state index contributed by atoms with van der Waals surface area (Å²) >= 11 is 3.22. The molecule has 0 amide bonds. The first-order valence-corrected chi connectivity index (χ1v) is 6.99. The fraction of sp³-hybridized carbons (Fsp3) is 0.571. The van der Waals surface area contributed by atoms with E-state index >= 15 is 0 Å². The Morgan fingerprint density at radius 3 is 2.17 bits per heavy atom. The fourth-order valence-corrected chi connectivity index (χ4v) is 1.50. The highest BCUT2D eigenvalue weighted by atomic mass is 79.9. The van der Waals surface area contributed by atoms with Gasteiger partial charge in [-0.3, -0.25) is 0 Å². The number of halogens is 2. The molecule has 4 heteroatoms. The van der Waals surface area contributed by atoms with Crippen molar-refractivity contribution in [1.29, 1.82) is 0 Å². The molecule has 0 unspecified atom stereocenters. The van der Waals surface area contributed by atoms with Crippen LogP contribution in [0.15, 0.2) is 34.1 Å². The van der Waals surface area contributed by atoms with Crippen LogP contribution in [-0.2, 0) is 9.47 Å². The maximum absolute atomic E-state index is 14.1. The highest BCUT2D eigenvalue weighted by Crippen LogP contribution is 2.20. The lowest BCUT2D eigenvalue weighted by atomic mass is 10.2. The summed E-state index contributed by atoms with van der Waals surface area (Å²) < 4.78 is 25.7. The second-order valence-electron chi connectivity index (χ2n) is 3.59. The molecule has 0 aromatic carbocycles. The van der Waals surface area contributed by atoms with Crippen LogP contribution in [0.4, 0.5) is 4.39 Å². The summed E-state index contributed by atoms with van der Waals surface area (Å²) in [5, 5.41) is 0. The SMILES string of the molecule is CC/C=C/C(=C(F)\C=C(/C)Br)C(OCC)OCC. The van der Waals surface area contributed by atoms with Crippen molar-refractivity contribution in [2.24, 2.45) is 0 Å². The van der Waals surface area contributed by atoms with E-state index in [1.165, 1.54) is 6.08 Å². The van der Waals surface area contributed by atoms with Gasteiger partial charge in [-0.05, 0) is 37.8 Å². The van der Waals surface area contributed by atoms with Crippen molar-refractivity contribution in [3.8, 4) is 0 Å². The van der Waals surface area contributed by atoms with Crippen molar-refractivity contribution in [3.63, 3.8) is 0 Å². The van der Waals surface area contributed by atoms with E-state index in [0.29, 0.717) is 23.3 Å². The predicted octanol–water partition coefficient (Wildman–Crippen LogP) is 4.87. The molecule has 0 bridgehead atoms. The predicted molar refractivity (Wildman–Crippen MR) is 77.3 cm³/mol. The lowest BCUT2D eigenvalue weighted by Gasteiger charge is -2.18. The van der Waals surface area contributed by atoms with Gasteiger partial charge in [-0.1, -0.05) is 35.0 Å². The summed E-state index contributed by atoms with van der Waals surface area (Å²) in [6, 6.07) is 0. The molecule has 0 aromatic heterocycles. The summed E-state index contributed by atoms with van der Waals surface area (Å²) in [6.45, 7) is 8.43. The first-order valence-electron chi connectivity index (χ1n) is 6.19. The van der Waals surface area contributed by atoms with Crippen LogP contribution in [0.25, 0.3) is 0 Å². The van der Waals surface area contributed by atoms with E-state index in [1.807, 2.05) is 26.8 Å². The van der Waals surface area contributed by atoms with E-state index in [0.717, 1.165) is 6.42 Å². The smallest absolute Gasteiger partial charge is 0.186 e. The van der Waals surface area contributed by atoms with Crippen LogP contribution in [0.1, 0.15) is 34.1 Å². The van der Waals surface area contributed by atoms with Gasteiger partial charge in [0.2, 0.25) is 0 Å². The number of rotatable bonds is 8. The van der Waals surface area contributed by atoms with Crippen LogP contribution < -0.4 is 0 Å². The van der Waals surface area contributed by atoms with Gasteiger partial charge in [0.1, 0.15) is 5.83 Å². The zero-order valence-electron chi connectivity index (χ0n) is 11.5. The molecule has 0 rings (SSSR count). The van der Waals surface area contributed by atoms with Crippen LogP contribution >= 0.6 is 15.9 Å². The standard InChI is InChI=1S/C14H22BrFO2/c1-5-8-9-12(13(16)10-11(4)15)14(17-6-2)18-7-3/h8-10,14H,5-7H2,1-4H3/b9-8+,11-10+,13-12-. The molecule has 0 aromatic rings. The molecular weight excluding hydrogens is 299 g/mol. The Hall–Kier alpha value is -0.450. The second kappa shape index (κ2) is 10.5. The number of hydrogen-bond donors (Lipinski definition) is 0. The molecule has 0 spiro atoms. The minimum Gasteiger partial charge on any atom is -0.349 e. The van der Waals surface area contributed by atoms with Gasteiger partial charge in [0.25, 0.3) is 0 Å². The Bertz CT molecular complexity index is 312. The molecule has 0 heterocycles. The number of allylic oxidation sites excluding steroid dienone is 4. The summed E-state index contributed by atoms with van der Waals surface area (Å²) in [7, 11) is 0. The first kappa shape index (κ1) is 17.6. The average Bonchev–Trinajstić information content (AvgIpc) is 2.29. The van der Waals surface area contributed by atoms with Gasteiger partial charge < -0.3 is 9.47 Å². The van der Waals surface area contributed by atoms with Crippen LogP contribution in [0.5, 0.6) is 0 Å². The highest BCUT2D eigenvalue weighted by molar-refractivity contribution is 9.11. The molecule has 18 heavy (non-hydrogen) atoms. The van der Waals surface area contributed by atoms with E-state index in [-0.39, 0.29) is 5.83 Å². The molecule has 0 saturated carbocycles. The summed E-state index contributed by atoms with van der Waals surface area (Å²) in [5.74, 6) is -0.346. The van der Waals surface area contributed by atoms with Gasteiger partial charge >= 0.3 is 0 Å². The van der Waals surface area contributed by atoms with Crippen molar-refractivity contribution in [2.75, 3.05) is 13.2 Å². The van der Waals surface area contributed by atoms with Gasteiger partial charge in [-0.25, -0.2) is 4.39 Å². The topological polar surface area (TPSA) is 18.5 Å². The Balaban J connectivity index is 5.28. The molecule has 0 N–H and O–H groups in total. The maximum Gasteiger partial charge on any atom is 0.186 e. The van der Waals surface area contributed by atoms with Gasteiger partial charge in [0.15, 0.2) is 6.29 Å². The van der Waals surface area contributed by atoms with Gasteiger partial charge in [-0.15, -0.1) is 0 Å².